The summed E-state index contributed by atoms with van der Waals surface area (Å²) in [5.74, 6) is -0.0865. The molecule has 0 aliphatic heterocycles. The molecule has 2 aromatic rings. The van der Waals surface area contributed by atoms with E-state index in [4.69, 9.17) is 11.6 Å². The highest BCUT2D eigenvalue weighted by Gasteiger charge is 2.19. The summed E-state index contributed by atoms with van der Waals surface area (Å²) < 4.78 is 0.859. The van der Waals surface area contributed by atoms with Gasteiger partial charge >= 0.3 is 0 Å². The van der Waals surface area contributed by atoms with Crippen molar-refractivity contribution in [3.8, 4) is 0 Å². The van der Waals surface area contributed by atoms with Crippen LogP contribution in [0, 0.1) is 0 Å². The lowest BCUT2D eigenvalue weighted by atomic mass is 9.94. The molecule has 0 aliphatic carbocycles. The molecule has 1 N–H and O–H groups in total. The van der Waals surface area contributed by atoms with Gasteiger partial charge in [-0.25, -0.2) is 0 Å². The van der Waals surface area contributed by atoms with E-state index < -0.39 is 6.10 Å². The van der Waals surface area contributed by atoms with Crippen LogP contribution < -0.4 is 0 Å². The van der Waals surface area contributed by atoms with E-state index in [0.29, 0.717) is 5.02 Å². The maximum atomic E-state index is 10.4. The van der Waals surface area contributed by atoms with Crippen molar-refractivity contribution in [2.24, 2.45) is 0 Å². The van der Waals surface area contributed by atoms with Crippen molar-refractivity contribution in [3.63, 3.8) is 0 Å². The Kier molecular flexibility index (Phi) is 4.38. The minimum absolute atomic E-state index is 0.0865. The molecular formula is C14H13BrClNO. The van der Waals surface area contributed by atoms with Crippen LogP contribution in [0.2, 0.25) is 5.02 Å². The Morgan fingerprint density at radius 2 is 2.06 bits per heavy atom. The van der Waals surface area contributed by atoms with E-state index in [1.54, 1.807) is 18.3 Å². The van der Waals surface area contributed by atoms with Crippen molar-refractivity contribution < 1.29 is 5.11 Å². The predicted octanol–water partition coefficient (Wildman–Crippen LogP) is 4.33. The van der Waals surface area contributed by atoms with E-state index in [0.717, 1.165) is 15.7 Å². The largest absolute Gasteiger partial charge is 0.388 e. The molecule has 1 aromatic carbocycles. The van der Waals surface area contributed by atoms with E-state index in [1.165, 1.54) is 0 Å². The van der Waals surface area contributed by atoms with Crippen molar-refractivity contribution in [1.82, 2.24) is 4.98 Å². The van der Waals surface area contributed by atoms with Crippen LogP contribution in [0.3, 0.4) is 0 Å². The molecule has 2 unspecified atom stereocenters. The highest BCUT2D eigenvalue weighted by Crippen LogP contribution is 2.32. The number of halogens is 2. The van der Waals surface area contributed by atoms with Gasteiger partial charge in [-0.05, 0) is 35.9 Å². The number of rotatable bonds is 3. The predicted molar refractivity (Wildman–Crippen MR) is 76.8 cm³/mol. The standard InChI is InChI=1S/C14H13BrClNO/c1-9(13-4-2-3-5-17-13)14(18)10-6-11(15)8-12(16)7-10/h2-9,14,18H,1H3. The number of aliphatic hydroxyl groups excluding tert-OH is 1. The summed E-state index contributed by atoms with van der Waals surface area (Å²) in [4.78, 5) is 4.27. The summed E-state index contributed by atoms with van der Waals surface area (Å²) >= 11 is 9.36. The Morgan fingerprint density at radius 1 is 1.28 bits per heavy atom. The molecule has 94 valence electrons. The molecule has 2 atom stereocenters. The van der Waals surface area contributed by atoms with E-state index in [-0.39, 0.29) is 5.92 Å². The van der Waals surface area contributed by atoms with Crippen molar-refractivity contribution in [2.45, 2.75) is 18.9 Å². The maximum absolute atomic E-state index is 10.4. The van der Waals surface area contributed by atoms with Crippen LogP contribution >= 0.6 is 27.5 Å². The molecular weight excluding hydrogens is 314 g/mol. The average Bonchev–Trinajstić information content (AvgIpc) is 2.37. The molecule has 0 saturated heterocycles. The molecule has 0 amide bonds. The maximum Gasteiger partial charge on any atom is 0.0871 e. The van der Waals surface area contributed by atoms with Gasteiger partial charge < -0.3 is 5.11 Å². The van der Waals surface area contributed by atoms with Gasteiger partial charge in [0.2, 0.25) is 0 Å². The number of pyridine rings is 1. The minimum Gasteiger partial charge on any atom is -0.388 e. The van der Waals surface area contributed by atoms with Gasteiger partial charge in [0.25, 0.3) is 0 Å². The highest BCUT2D eigenvalue weighted by atomic mass is 79.9. The van der Waals surface area contributed by atoms with Gasteiger partial charge in [0.05, 0.1) is 6.10 Å². The molecule has 18 heavy (non-hydrogen) atoms. The quantitative estimate of drug-likeness (QED) is 0.910. The monoisotopic (exact) mass is 325 g/mol. The molecule has 0 fully saturated rings. The van der Waals surface area contributed by atoms with Crippen molar-refractivity contribution in [1.29, 1.82) is 0 Å². The normalized spacial score (nSPS) is 14.2. The topological polar surface area (TPSA) is 33.1 Å². The van der Waals surface area contributed by atoms with Crippen LogP contribution in [0.25, 0.3) is 0 Å². The van der Waals surface area contributed by atoms with Crippen molar-refractivity contribution in [3.05, 3.63) is 63.3 Å². The fraction of sp³-hybridized carbons (Fsp3) is 0.214. The summed E-state index contributed by atoms with van der Waals surface area (Å²) in [5.41, 5.74) is 1.65. The second kappa shape index (κ2) is 5.83. The molecule has 0 spiro atoms. The summed E-state index contributed by atoms with van der Waals surface area (Å²) in [5, 5.41) is 11.0. The lowest BCUT2D eigenvalue weighted by Gasteiger charge is -2.19. The molecule has 2 rings (SSSR count). The number of benzene rings is 1. The van der Waals surface area contributed by atoms with Crippen LogP contribution in [-0.2, 0) is 0 Å². The lowest BCUT2D eigenvalue weighted by molar-refractivity contribution is 0.150. The molecule has 0 radical (unpaired) electrons. The second-order valence-electron chi connectivity index (χ2n) is 4.19. The second-order valence-corrected chi connectivity index (χ2v) is 5.54. The Morgan fingerprint density at radius 3 is 2.67 bits per heavy atom. The fourth-order valence-electron chi connectivity index (χ4n) is 1.84. The Balaban J connectivity index is 2.28. The first kappa shape index (κ1) is 13.5. The van der Waals surface area contributed by atoms with Gasteiger partial charge in [-0.15, -0.1) is 0 Å². The molecule has 0 aliphatic rings. The zero-order valence-electron chi connectivity index (χ0n) is 9.85. The van der Waals surface area contributed by atoms with Gasteiger partial charge in [-0.1, -0.05) is 40.5 Å². The van der Waals surface area contributed by atoms with Crippen LogP contribution in [0.4, 0.5) is 0 Å². The first-order chi connectivity index (χ1) is 8.58. The van der Waals surface area contributed by atoms with E-state index in [1.807, 2.05) is 31.2 Å². The third-order valence-corrected chi connectivity index (χ3v) is 3.53. The number of aromatic nitrogens is 1. The van der Waals surface area contributed by atoms with Crippen LogP contribution in [0.5, 0.6) is 0 Å². The minimum atomic E-state index is -0.630. The first-order valence-electron chi connectivity index (χ1n) is 5.63. The van der Waals surface area contributed by atoms with Gasteiger partial charge in [-0.2, -0.15) is 0 Å². The molecule has 0 saturated carbocycles. The van der Waals surface area contributed by atoms with E-state index in [2.05, 4.69) is 20.9 Å². The lowest BCUT2D eigenvalue weighted by Crippen LogP contribution is -2.09. The molecule has 2 nitrogen and oxygen atoms in total. The molecule has 1 heterocycles. The third kappa shape index (κ3) is 3.10. The van der Waals surface area contributed by atoms with Crippen molar-refractivity contribution >= 4 is 27.5 Å². The fourth-order valence-corrected chi connectivity index (χ4v) is 2.73. The van der Waals surface area contributed by atoms with Crippen LogP contribution in [0.15, 0.2) is 47.1 Å². The first-order valence-corrected chi connectivity index (χ1v) is 6.80. The average molecular weight is 327 g/mol. The Hall–Kier alpha value is -0.900. The summed E-state index contributed by atoms with van der Waals surface area (Å²) in [6, 6.07) is 11.1. The van der Waals surface area contributed by atoms with E-state index in [9.17, 15) is 5.11 Å². The van der Waals surface area contributed by atoms with Gasteiger partial charge in [0, 0.05) is 27.3 Å². The van der Waals surface area contributed by atoms with E-state index >= 15 is 0 Å². The van der Waals surface area contributed by atoms with Crippen LogP contribution in [-0.4, -0.2) is 10.1 Å². The molecule has 1 aromatic heterocycles. The number of nitrogens with zero attached hydrogens (tertiary/aromatic N) is 1. The van der Waals surface area contributed by atoms with Crippen LogP contribution in [0.1, 0.15) is 30.2 Å². The summed E-state index contributed by atoms with van der Waals surface area (Å²) in [6.45, 7) is 1.95. The summed E-state index contributed by atoms with van der Waals surface area (Å²) in [6.07, 6.45) is 1.10. The van der Waals surface area contributed by atoms with Crippen molar-refractivity contribution in [2.75, 3.05) is 0 Å². The summed E-state index contributed by atoms with van der Waals surface area (Å²) in [7, 11) is 0. The zero-order valence-corrected chi connectivity index (χ0v) is 12.2. The number of hydrogen-bond donors (Lipinski definition) is 1. The Labute approximate surface area is 120 Å². The molecule has 4 heteroatoms. The number of aliphatic hydroxyl groups is 1. The zero-order chi connectivity index (χ0) is 13.1. The van der Waals surface area contributed by atoms with Gasteiger partial charge in [0.15, 0.2) is 0 Å². The Bertz CT molecular complexity index is 512. The SMILES string of the molecule is CC(c1ccccn1)C(O)c1cc(Cl)cc(Br)c1. The number of hydrogen-bond acceptors (Lipinski definition) is 2. The third-order valence-electron chi connectivity index (χ3n) is 2.85. The highest BCUT2D eigenvalue weighted by molar-refractivity contribution is 9.10. The smallest absolute Gasteiger partial charge is 0.0871 e. The molecule has 0 bridgehead atoms. The van der Waals surface area contributed by atoms with Gasteiger partial charge in [0.1, 0.15) is 0 Å². The van der Waals surface area contributed by atoms with Gasteiger partial charge in [-0.3, -0.25) is 4.98 Å².